The van der Waals surface area contributed by atoms with Gasteiger partial charge in [0.1, 0.15) is 10.7 Å². The minimum Gasteiger partial charge on any atom is -0.382 e. The number of anilines is 2. The molecule has 0 aliphatic rings. The second kappa shape index (κ2) is 8.84. The van der Waals surface area contributed by atoms with E-state index in [9.17, 15) is 4.79 Å². The van der Waals surface area contributed by atoms with E-state index >= 15 is 0 Å². The monoisotopic (exact) mass is 313 g/mol. The van der Waals surface area contributed by atoms with Crippen LogP contribution >= 0.6 is 11.3 Å². The van der Waals surface area contributed by atoms with Crippen LogP contribution in [0.4, 0.5) is 10.9 Å². The molecule has 7 heteroatoms. The van der Waals surface area contributed by atoms with Crippen molar-refractivity contribution in [1.29, 1.82) is 0 Å². The lowest BCUT2D eigenvalue weighted by Crippen LogP contribution is -2.41. The highest BCUT2D eigenvalue weighted by Gasteiger charge is 2.18. The number of thiazole rings is 1. The molecule has 1 aromatic heterocycles. The van der Waals surface area contributed by atoms with Crippen molar-refractivity contribution >= 4 is 28.2 Å². The maximum atomic E-state index is 12.3. The van der Waals surface area contributed by atoms with E-state index in [0.717, 1.165) is 32.6 Å². The Bertz CT molecular complexity index is 445. The summed E-state index contributed by atoms with van der Waals surface area (Å²) in [5, 5.41) is 6.85. The first-order chi connectivity index (χ1) is 10.0. The first kappa shape index (κ1) is 17.7. The second-order valence-corrected chi connectivity index (χ2v) is 6.02. The van der Waals surface area contributed by atoms with E-state index in [0.29, 0.717) is 15.8 Å². The number of nitrogen functional groups attached to an aromatic ring is 1. The number of carbonyl (C=O) groups excluding carboxylic acids is 1. The molecule has 1 aromatic rings. The van der Waals surface area contributed by atoms with Crippen molar-refractivity contribution in [2.45, 2.75) is 40.2 Å². The number of amides is 1. The summed E-state index contributed by atoms with van der Waals surface area (Å²) in [6.07, 6.45) is 1.00. The maximum Gasteiger partial charge on any atom is 0.265 e. The standard InChI is InChI=1S/C14H27N5OS/c1-5-8-16-14-18-12(15)11(21-14)13(20)17-10(4)9-19(6-2)7-3/h10H,5-9,15H2,1-4H3,(H,16,18)(H,17,20). The van der Waals surface area contributed by atoms with E-state index in [4.69, 9.17) is 5.73 Å². The Labute approximate surface area is 131 Å². The van der Waals surface area contributed by atoms with Crippen LogP contribution in [0, 0.1) is 0 Å². The Morgan fingerprint density at radius 2 is 2.05 bits per heavy atom. The summed E-state index contributed by atoms with van der Waals surface area (Å²) in [5.41, 5.74) is 5.83. The van der Waals surface area contributed by atoms with Crippen molar-refractivity contribution in [2.24, 2.45) is 0 Å². The molecule has 1 atom stereocenters. The van der Waals surface area contributed by atoms with Crippen LogP contribution in [0.5, 0.6) is 0 Å². The molecule has 1 rings (SSSR count). The van der Waals surface area contributed by atoms with Crippen molar-refractivity contribution < 1.29 is 4.79 Å². The summed E-state index contributed by atoms with van der Waals surface area (Å²) in [6.45, 7) is 11.9. The van der Waals surface area contributed by atoms with Crippen LogP contribution in [0.15, 0.2) is 0 Å². The number of carbonyl (C=O) groups is 1. The van der Waals surface area contributed by atoms with Crippen LogP contribution in [-0.2, 0) is 0 Å². The van der Waals surface area contributed by atoms with Gasteiger partial charge >= 0.3 is 0 Å². The molecular weight excluding hydrogens is 286 g/mol. The molecule has 0 aliphatic carbocycles. The lowest BCUT2D eigenvalue weighted by Gasteiger charge is -2.23. The van der Waals surface area contributed by atoms with E-state index in [1.807, 2.05) is 6.92 Å². The molecule has 120 valence electrons. The van der Waals surface area contributed by atoms with Gasteiger partial charge in [0.25, 0.3) is 5.91 Å². The summed E-state index contributed by atoms with van der Waals surface area (Å²) in [7, 11) is 0. The van der Waals surface area contributed by atoms with Crippen molar-refractivity contribution in [1.82, 2.24) is 15.2 Å². The van der Waals surface area contributed by atoms with Gasteiger partial charge in [0.2, 0.25) is 0 Å². The third-order valence-corrected chi connectivity index (χ3v) is 4.22. The number of likely N-dealkylation sites (N-methyl/N-ethyl adjacent to an activating group) is 1. The Hall–Kier alpha value is -1.34. The van der Waals surface area contributed by atoms with Crippen LogP contribution in [-0.4, -0.2) is 48.0 Å². The molecule has 0 aliphatic heterocycles. The first-order valence-electron chi connectivity index (χ1n) is 7.55. The van der Waals surface area contributed by atoms with Gasteiger partial charge in [-0.05, 0) is 26.4 Å². The average Bonchev–Trinajstić information content (AvgIpc) is 2.83. The number of hydrogen-bond donors (Lipinski definition) is 3. The largest absolute Gasteiger partial charge is 0.382 e. The molecule has 0 saturated heterocycles. The summed E-state index contributed by atoms with van der Waals surface area (Å²) < 4.78 is 0. The fourth-order valence-electron chi connectivity index (χ4n) is 2.01. The Kier molecular flexibility index (Phi) is 7.45. The molecule has 1 unspecified atom stereocenters. The summed E-state index contributed by atoms with van der Waals surface area (Å²) in [6, 6.07) is 0.0750. The van der Waals surface area contributed by atoms with E-state index in [-0.39, 0.29) is 11.9 Å². The van der Waals surface area contributed by atoms with Crippen molar-refractivity contribution in [3.8, 4) is 0 Å². The van der Waals surface area contributed by atoms with Gasteiger partial charge in [-0.1, -0.05) is 32.1 Å². The van der Waals surface area contributed by atoms with Crippen molar-refractivity contribution in [2.75, 3.05) is 37.2 Å². The second-order valence-electron chi connectivity index (χ2n) is 5.02. The molecule has 0 radical (unpaired) electrons. The predicted octanol–water partition coefficient (Wildman–Crippen LogP) is 2.01. The lowest BCUT2D eigenvalue weighted by atomic mass is 10.3. The normalized spacial score (nSPS) is 12.4. The topological polar surface area (TPSA) is 83.3 Å². The fourth-order valence-corrected chi connectivity index (χ4v) is 2.82. The SMILES string of the molecule is CCCNc1nc(N)c(C(=O)NC(C)CN(CC)CC)s1. The Morgan fingerprint density at radius 3 is 2.62 bits per heavy atom. The molecule has 1 amide bonds. The van der Waals surface area contributed by atoms with Gasteiger partial charge < -0.3 is 21.3 Å². The number of rotatable bonds is 9. The zero-order chi connectivity index (χ0) is 15.8. The molecule has 0 spiro atoms. The van der Waals surface area contributed by atoms with E-state index in [1.165, 1.54) is 11.3 Å². The molecule has 0 aromatic carbocycles. The summed E-state index contributed by atoms with van der Waals surface area (Å²) in [5.74, 6) is 0.153. The van der Waals surface area contributed by atoms with Crippen LogP contribution in [0.25, 0.3) is 0 Å². The van der Waals surface area contributed by atoms with Gasteiger partial charge in [0, 0.05) is 19.1 Å². The smallest absolute Gasteiger partial charge is 0.265 e. The van der Waals surface area contributed by atoms with Gasteiger partial charge in [-0.15, -0.1) is 0 Å². The molecule has 21 heavy (non-hydrogen) atoms. The number of nitrogens with one attached hydrogen (secondary N) is 2. The number of aromatic nitrogens is 1. The fraction of sp³-hybridized carbons (Fsp3) is 0.714. The van der Waals surface area contributed by atoms with E-state index in [2.05, 4.69) is 41.3 Å². The van der Waals surface area contributed by atoms with Crippen LogP contribution < -0.4 is 16.4 Å². The van der Waals surface area contributed by atoms with Gasteiger partial charge in [-0.3, -0.25) is 4.79 Å². The quantitative estimate of drug-likeness (QED) is 0.649. The summed E-state index contributed by atoms with van der Waals surface area (Å²) in [4.78, 5) is 19.2. The first-order valence-corrected chi connectivity index (χ1v) is 8.36. The van der Waals surface area contributed by atoms with E-state index in [1.54, 1.807) is 0 Å². The minimum atomic E-state index is -0.144. The molecule has 0 fully saturated rings. The van der Waals surface area contributed by atoms with Crippen LogP contribution in [0.1, 0.15) is 43.8 Å². The van der Waals surface area contributed by atoms with Gasteiger partial charge in [0.15, 0.2) is 5.13 Å². The Morgan fingerprint density at radius 1 is 1.38 bits per heavy atom. The Balaban J connectivity index is 2.60. The minimum absolute atomic E-state index is 0.0750. The van der Waals surface area contributed by atoms with Crippen molar-refractivity contribution in [3.63, 3.8) is 0 Å². The van der Waals surface area contributed by atoms with E-state index < -0.39 is 0 Å². The molecule has 6 nitrogen and oxygen atoms in total. The number of hydrogen-bond acceptors (Lipinski definition) is 6. The molecule has 4 N–H and O–H groups in total. The number of nitrogens with two attached hydrogens (primary N) is 1. The maximum absolute atomic E-state index is 12.3. The van der Waals surface area contributed by atoms with Gasteiger partial charge in [-0.25, -0.2) is 4.98 Å². The highest BCUT2D eigenvalue weighted by molar-refractivity contribution is 7.18. The zero-order valence-corrected chi connectivity index (χ0v) is 14.2. The molecular formula is C14H27N5OS. The highest BCUT2D eigenvalue weighted by atomic mass is 32.1. The number of nitrogens with zero attached hydrogens (tertiary/aromatic N) is 2. The highest BCUT2D eigenvalue weighted by Crippen LogP contribution is 2.24. The summed E-state index contributed by atoms with van der Waals surface area (Å²) >= 11 is 1.31. The van der Waals surface area contributed by atoms with Crippen LogP contribution in [0.2, 0.25) is 0 Å². The van der Waals surface area contributed by atoms with Gasteiger partial charge in [-0.2, -0.15) is 0 Å². The molecule has 0 bridgehead atoms. The molecule has 1 heterocycles. The zero-order valence-electron chi connectivity index (χ0n) is 13.4. The predicted molar refractivity (Wildman–Crippen MR) is 90.0 cm³/mol. The molecule has 0 saturated carbocycles. The van der Waals surface area contributed by atoms with Crippen molar-refractivity contribution in [3.05, 3.63) is 4.88 Å². The van der Waals surface area contributed by atoms with Gasteiger partial charge in [0.05, 0.1) is 0 Å². The third kappa shape index (κ3) is 5.51. The lowest BCUT2D eigenvalue weighted by molar-refractivity contribution is 0.0935. The average molecular weight is 313 g/mol. The third-order valence-electron chi connectivity index (χ3n) is 3.19. The van der Waals surface area contributed by atoms with Crippen LogP contribution in [0.3, 0.4) is 0 Å².